The van der Waals surface area contributed by atoms with E-state index in [0.29, 0.717) is 12.8 Å². The maximum absolute atomic E-state index is 12.5. The van der Waals surface area contributed by atoms with E-state index in [-0.39, 0.29) is 23.3 Å². The Bertz CT molecular complexity index is 624. The summed E-state index contributed by atoms with van der Waals surface area (Å²) in [4.78, 5) is 0.278. The second-order valence-electron chi connectivity index (χ2n) is 7.48. The molecule has 2 N–H and O–H groups in total. The Morgan fingerprint density at radius 1 is 1.09 bits per heavy atom. The van der Waals surface area contributed by atoms with E-state index in [0.717, 1.165) is 5.56 Å². The molecule has 0 spiro atoms. The summed E-state index contributed by atoms with van der Waals surface area (Å²) in [6.45, 7) is 9.59. The minimum atomic E-state index is -3.54. The molecule has 0 unspecified atom stereocenters. The zero-order valence-electron chi connectivity index (χ0n) is 14.3. The number of hydroxylamine groups is 2. The van der Waals surface area contributed by atoms with Gasteiger partial charge in [0.05, 0.1) is 4.90 Å². The van der Waals surface area contributed by atoms with Gasteiger partial charge in [-0.1, -0.05) is 17.7 Å². The summed E-state index contributed by atoms with van der Waals surface area (Å²) >= 11 is 0. The fourth-order valence-corrected chi connectivity index (χ4v) is 4.59. The average molecular weight is 363 g/mol. The minimum Gasteiger partial charge on any atom is -0.313 e. The Labute approximate surface area is 145 Å². The van der Waals surface area contributed by atoms with Crippen molar-refractivity contribution in [1.29, 1.82) is 0 Å². The number of nitrogens with one attached hydrogen (secondary N) is 1. The van der Waals surface area contributed by atoms with Crippen LogP contribution in [0.4, 0.5) is 0 Å². The summed E-state index contributed by atoms with van der Waals surface area (Å²) in [7, 11) is -3.54. The number of piperidine rings is 1. The average Bonchev–Trinajstić information content (AvgIpc) is 2.35. The molecule has 1 heterocycles. The van der Waals surface area contributed by atoms with Gasteiger partial charge in [-0.15, -0.1) is 12.4 Å². The van der Waals surface area contributed by atoms with E-state index >= 15 is 0 Å². The van der Waals surface area contributed by atoms with Gasteiger partial charge in [-0.3, -0.25) is 0 Å². The molecule has 132 valence electrons. The minimum absolute atomic E-state index is 0. The highest BCUT2D eigenvalue weighted by atomic mass is 35.5. The molecule has 0 atom stereocenters. The van der Waals surface area contributed by atoms with Gasteiger partial charge in [-0.2, -0.15) is 5.06 Å². The third-order valence-electron chi connectivity index (χ3n) is 4.29. The highest BCUT2D eigenvalue weighted by Crippen LogP contribution is 2.37. The van der Waals surface area contributed by atoms with Gasteiger partial charge in [-0.25, -0.2) is 13.1 Å². The lowest BCUT2D eigenvalue weighted by molar-refractivity contribution is -0.245. The number of hydrogen-bond donors (Lipinski definition) is 2. The molecular formula is C16H27ClN2O3S. The lowest BCUT2D eigenvalue weighted by Gasteiger charge is -2.51. The van der Waals surface area contributed by atoms with Gasteiger partial charge >= 0.3 is 0 Å². The second kappa shape index (κ2) is 6.69. The van der Waals surface area contributed by atoms with E-state index in [1.807, 2.05) is 34.6 Å². The zero-order chi connectivity index (χ0) is 16.8. The van der Waals surface area contributed by atoms with Gasteiger partial charge in [0.2, 0.25) is 10.0 Å². The molecule has 1 saturated heterocycles. The Hall–Kier alpha value is -0.660. The molecule has 1 aromatic carbocycles. The number of hydrogen-bond acceptors (Lipinski definition) is 4. The van der Waals surface area contributed by atoms with Crippen LogP contribution in [0.15, 0.2) is 29.2 Å². The number of nitrogens with zero attached hydrogens (tertiary/aromatic N) is 1. The largest absolute Gasteiger partial charge is 0.313 e. The molecule has 0 amide bonds. The number of rotatable bonds is 3. The molecule has 1 aromatic rings. The topological polar surface area (TPSA) is 69.6 Å². The molecule has 0 bridgehead atoms. The number of sulfonamides is 1. The van der Waals surface area contributed by atoms with Crippen LogP contribution in [-0.4, -0.2) is 35.8 Å². The van der Waals surface area contributed by atoms with Gasteiger partial charge in [0.25, 0.3) is 0 Å². The third kappa shape index (κ3) is 4.45. The van der Waals surface area contributed by atoms with Crippen LogP contribution in [0.1, 0.15) is 46.1 Å². The third-order valence-corrected chi connectivity index (χ3v) is 5.83. The molecule has 1 fully saturated rings. The summed E-state index contributed by atoms with van der Waals surface area (Å²) in [6.07, 6.45) is 1.11. The van der Waals surface area contributed by atoms with Crippen molar-refractivity contribution >= 4 is 22.4 Å². The first-order chi connectivity index (χ1) is 9.94. The van der Waals surface area contributed by atoms with Crippen LogP contribution in [0.2, 0.25) is 0 Å². The van der Waals surface area contributed by atoms with Crippen molar-refractivity contribution < 1.29 is 13.6 Å². The number of benzene rings is 1. The van der Waals surface area contributed by atoms with E-state index in [9.17, 15) is 13.6 Å². The van der Waals surface area contributed by atoms with Gasteiger partial charge in [0.1, 0.15) is 0 Å². The highest BCUT2D eigenvalue weighted by Gasteiger charge is 2.45. The van der Waals surface area contributed by atoms with Gasteiger partial charge in [0, 0.05) is 17.1 Å². The summed E-state index contributed by atoms with van der Waals surface area (Å²) in [6, 6.07) is 6.61. The number of aryl methyl sites for hydroxylation is 1. The van der Waals surface area contributed by atoms with Crippen molar-refractivity contribution in [3.63, 3.8) is 0 Å². The van der Waals surface area contributed by atoms with Gasteiger partial charge < -0.3 is 5.21 Å². The molecular weight excluding hydrogens is 336 g/mol. The van der Waals surface area contributed by atoms with Crippen molar-refractivity contribution in [3.8, 4) is 0 Å². The van der Waals surface area contributed by atoms with E-state index in [1.165, 1.54) is 5.06 Å². The Kier molecular flexibility index (Phi) is 5.93. The first-order valence-corrected chi connectivity index (χ1v) is 9.01. The summed E-state index contributed by atoms with van der Waals surface area (Å²) in [5, 5.41) is 11.6. The SMILES string of the molecule is Cc1ccc(S(=O)(=O)NC2CC(C)(C)N(O)C(C)(C)C2)cc1.Cl. The van der Waals surface area contributed by atoms with E-state index < -0.39 is 21.1 Å². The summed E-state index contributed by atoms with van der Waals surface area (Å²) < 4.78 is 27.9. The standard InChI is InChI=1S/C16H26N2O3S.ClH/c1-12-6-8-14(9-7-12)22(20,21)17-13-10-15(2,3)18(19)16(4,5)11-13;/h6-9,13,17,19H,10-11H2,1-5H3;1H. The van der Waals surface area contributed by atoms with Gasteiger partial charge in [0.15, 0.2) is 0 Å². The molecule has 5 nitrogen and oxygen atoms in total. The number of halogens is 1. The Morgan fingerprint density at radius 3 is 1.96 bits per heavy atom. The van der Waals surface area contributed by atoms with Crippen LogP contribution in [0.5, 0.6) is 0 Å². The van der Waals surface area contributed by atoms with Crippen molar-refractivity contribution in [2.45, 2.75) is 69.5 Å². The Morgan fingerprint density at radius 2 is 1.52 bits per heavy atom. The van der Waals surface area contributed by atoms with E-state index in [4.69, 9.17) is 0 Å². The first kappa shape index (κ1) is 20.4. The molecule has 2 rings (SSSR count). The normalized spacial score (nSPS) is 21.7. The molecule has 1 aliphatic rings. The maximum atomic E-state index is 12.5. The van der Waals surface area contributed by atoms with Crippen LogP contribution in [0, 0.1) is 6.92 Å². The first-order valence-electron chi connectivity index (χ1n) is 7.52. The second-order valence-corrected chi connectivity index (χ2v) is 9.19. The maximum Gasteiger partial charge on any atom is 0.240 e. The lowest BCUT2D eigenvalue weighted by Crippen LogP contribution is -2.62. The van der Waals surface area contributed by atoms with Crippen molar-refractivity contribution in [3.05, 3.63) is 29.8 Å². The van der Waals surface area contributed by atoms with Crippen LogP contribution in [-0.2, 0) is 10.0 Å². The molecule has 0 aromatic heterocycles. The summed E-state index contributed by atoms with van der Waals surface area (Å²) in [5.74, 6) is 0. The van der Waals surface area contributed by atoms with Crippen molar-refractivity contribution in [1.82, 2.24) is 9.79 Å². The summed E-state index contributed by atoms with van der Waals surface area (Å²) in [5.41, 5.74) is 0.0551. The van der Waals surface area contributed by atoms with E-state index in [1.54, 1.807) is 24.3 Å². The lowest BCUT2D eigenvalue weighted by atomic mass is 9.79. The molecule has 0 saturated carbocycles. The molecule has 1 aliphatic heterocycles. The molecule has 23 heavy (non-hydrogen) atoms. The Balaban J connectivity index is 0.00000264. The van der Waals surface area contributed by atoms with Crippen molar-refractivity contribution in [2.75, 3.05) is 0 Å². The predicted octanol–water partition coefficient (Wildman–Crippen LogP) is 3.11. The fourth-order valence-electron chi connectivity index (χ4n) is 3.36. The molecule has 0 radical (unpaired) electrons. The van der Waals surface area contributed by atoms with E-state index in [2.05, 4.69) is 4.72 Å². The van der Waals surface area contributed by atoms with Gasteiger partial charge in [-0.05, 0) is 59.6 Å². The van der Waals surface area contributed by atoms with Crippen LogP contribution in [0.25, 0.3) is 0 Å². The smallest absolute Gasteiger partial charge is 0.240 e. The fraction of sp³-hybridized carbons (Fsp3) is 0.625. The molecule has 7 heteroatoms. The monoisotopic (exact) mass is 362 g/mol. The highest BCUT2D eigenvalue weighted by molar-refractivity contribution is 7.89. The molecule has 0 aliphatic carbocycles. The van der Waals surface area contributed by atoms with Crippen LogP contribution < -0.4 is 4.72 Å². The predicted molar refractivity (Wildman–Crippen MR) is 93.6 cm³/mol. The van der Waals surface area contributed by atoms with Crippen LogP contribution in [0.3, 0.4) is 0 Å². The quantitative estimate of drug-likeness (QED) is 0.866. The van der Waals surface area contributed by atoms with Crippen LogP contribution >= 0.6 is 12.4 Å². The van der Waals surface area contributed by atoms with Crippen molar-refractivity contribution in [2.24, 2.45) is 0 Å². The zero-order valence-corrected chi connectivity index (χ0v) is 16.0.